The highest BCUT2D eigenvalue weighted by Crippen LogP contribution is 2.29. The molecule has 1 saturated heterocycles. The number of rotatable bonds is 2. The Hall–Kier alpha value is -1.79. The monoisotopic (exact) mass is 298 g/mol. The van der Waals surface area contributed by atoms with Gasteiger partial charge in [0.25, 0.3) is 0 Å². The van der Waals surface area contributed by atoms with Gasteiger partial charge >= 0.3 is 5.97 Å². The molecule has 0 spiro atoms. The first kappa shape index (κ1) is 15.6. The van der Waals surface area contributed by atoms with E-state index in [9.17, 15) is 4.79 Å². The van der Waals surface area contributed by atoms with Crippen LogP contribution in [0.1, 0.15) is 18.9 Å². The van der Waals surface area contributed by atoms with E-state index in [2.05, 4.69) is 31.1 Å². The zero-order valence-electron chi connectivity index (χ0n) is 13.2. The number of carbonyl (C=O) groups is 1. The van der Waals surface area contributed by atoms with Crippen LogP contribution in [-0.4, -0.2) is 14.0 Å². The van der Waals surface area contributed by atoms with E-state index in [4.69, 9.17) is 4.74 Å². The first-order valence-corrected chi connectivity index (χ1v) is 10.8. The molecule has 110 valence electrons. The van der Waals surface area contributed by atoms with Gasteiger partial charge < -0.3 is 4.74 Å². The Bertz CT molecular complexity index is 612. The van der Waals surface area contributed by atoms with Gasteiger partial charge in [-0.2, -0.15) is 0 Å². The minimum atomic E-state index is -1.40. The third-order valence-electron chi connectivity index (χ3n) is 3.36. The van der Waals surface area contributed by atoms with Gasteiger partial charge in [-0.15, -0.1) is 5.54 Å². The Balaban J connectivity index is 2.10. The van der Waals surface area contributed by atoms with E-state index in [0.29, 0.717) is 6.42 Å². The second-order valence-electron chi connectivity index (χ2n) is 6.56. The number of allylic oxidation sites excluding steroid dienone is 2. The fourth-order valence-corrected chi connectivity index (χ4v) is 2.75. The molecular weight excluding hydrogens is 276 g/mol. The van der Waals surface area contributed by atoms with E-state index < -0.39 is 8.07 Å². The number of cyclic esters (lactones) is 1. The van der Waals surface area contributed by atoms with E-state index >= 15 is 0 Å². The molecule has 2 rings (SSSR count). The molecule has 0 bridgehead atoms. The van der Waals surface area contributed by atoms with Crippen LogP contribution in [0.4, 0.5) is 0 Å². The molecule has 0 radical (unpaired) electrons. The number of carbonyl (C=O) groups excluding carboxylic acids is 1. The molecule has 0 saturated carbocycles. The van der Waals surface area contributed by atoms with Gasteiger partial charge in [-0.05, 0) is 18.9 Å². The maximum Gasteiger partial charge on any atom is 0.314 e. The molecule has 0 amide bonds. The molecule has 1 unspecified atom stereocenters. The highest BCUT2D eigenvalue weighted by molar-refractivity contribution is 6.83. The van der Waals surface area contributed by atoms with Crippen LogP contribution >= 0.6 is 0 Å². The van der Waals surface area contributed by atoms with Crippen molar-refractivity contribution in [2.45, 2.75) is 39.4 Å². The predicted molar refractivity (Wildman–Crippen MR) is 88.2 cm³/mol. The van der Waals surface area contributed by atoms with Gasteiger partial charge in [0, 0.05) is 12.0 Å². The van der Waals surface area contributed by atoms with Crippen molar-refractivity contribution in [2.24, 2.45) is 5.92 Å². The number of ether oxygens (including phenoxy) is 1. The molecule has 1 aliphatic heterocycles. The van der Waals surface area contributed by atoms with Gasteiger partial charge in [0.1, 0.15) is 13.8 Å². The summed E-state index contributed by atoms with van der Waals surface area (Å²) < 4.78 is 5.43. The topological polar surface area (TPSA) is 26.3 Å². The Labute approximate surface area is 128 Å². The normalized spacial score (nSPS) is 20.6. The lowest BCUT2D eigenvalue weighted by atomic mass is 9.97. The second-order valence-corrected chi connectivity index (χ2v) is 11.3. The van der Waals surface area contributed by atoms with Gasteiger partial charge in [-0.3, -0.25) is 4.79 Å². The van der Waals surface area contributed by atoms with E-state index in [-0.39, 0.29) is 11.9 Å². The molecule has 0 aliphatic carbocycles. The molecule has 1 aromatic carbocycles. The SMILES string of the molecule is C/C(C#C[Si](C)(C)C)=C1/CC(Cc2ccccc2)C(=O)O1. The molecule has 1 aliphatic rings. The smallest absolute Gasteiger partial charge is 0.314 e. The Morgan fingerprint density at radius 1 is 1.29 bits per heavy atom. The van der Waals surface area contributed by atoms with Crippen molar-refractivity contribution in [1.82, 2.24) is 0 Å². The molecule has 1 fully saturated rings. The molecule has 0 N–H and O–H groups in total. The molecule has 0 aromatic heterocycles. The molecule has 21 heavy (non-hydrogen) atoms. The van der Waals surface area contributed by atoms with Crippen LogP contribution in [0.15, 0.2) is 41.7 Å². The van der Waals surface area contributed by atoms with Gasteiger partial charge in [-0.25, -0.2) is 0 Å². The first-order chi connectivity index (χ1) is 9.85. The van der Waals surface area contributed by atoms with Crippen LogP contribution in [0.5, 0.6) is 0 Å². The van der Waals surface area contributed by atoms with Crippen LogP contribution in [-0.2, 0) is 16.0 Å². The lowest BCUT2D eigenvalue weighted by Gasteiger charge is -2.04. The van der Waals surface area contributed by atoms with Crippen molar-refractivity contribution in [3.05, 3.63) is 47.2 Å². The minimum absolute atomic E-state index is 0.0777. The van der Waals surface area contributed by atoms with Gasteiger partial charge in [0.15, 0.2) is 0 Å². The Kier molecular flexibility index (Phi) is 4.69. The van der Waals surface area contributed by atoms with Crippen molar-refractivity contribution in [1.29, 1.82) is 0 Å². The predicted octanol–water partition coefficient (Wildman–Crippen LogP) is 3.95. The van der Waals surface area contributed by atoms with Crippen molar-refractivity contribution in [3.63, 3.8) is 0 Å². The molecule has 1 heterocycles. The van der Waals surface area contributed by atoms with Crippen molar-refractivity contribution < 1.29 is 9.53 Å². The highest BCUT2D eigenvalue weighted by Gasteiger charge is 2.31. The summed E-state index contributed by atoms with van der Waals surface area (Å²) in [6, 6.07) is 10.1. The average Bonchev–Trinajstić information content (AvgIpc) is 2.78. The third kappa shape index (κ3) is 4.61. The summed E-state index contributed by atoms with van der Waals surface area (Å²) in [6.45, 7) is 8.56. The summed E-state index contributed by atoms with van der Waals surface area (Å²) in [5.74, 6) is 3.74. The number of benzene rings is 1. The number of esters is 1. The second kappa shape index (κ2) is 6.32. The van der Waals surface area contributed by atoms with Crippen LogP contribution < -0.4 is 0 Å². The fraction of sp³-hybridized carbons (Fsp3) is 0.389. The molecule has 3 heteroatoms. The van der Waals surface area contributed by atoms with Gasteiger partial charge in [0.05, 0.1) is 5.92 Å². The molecule has 1 aromatic rings. The zero-order valence-corrected chi connectivity index (χ0v) is 14.2. The lowest BCUT2D eigenvalue weighted by molar-refractivity contribution is -0.139. The highest BCUT2D eigenvalue weighted by atomic mass is 28.3. The van der Waals surface area contributed by atoms with Gasteiger partial charge in [0.2, 0.25) is 0 Å². The van der Waals surface area contributed by atoms with E-state index in [1.54, 1.807) is 0 Å². The number of hydrogen-bond acceptors (Lipinski definition) is 2. The van der Waals surface area contributed by atoms with Crippen molar-refractivity contribution in [3.8, 4) is 11.5 Å². The van der Waals surface area contributed by atoms with E-state index in [1.165, 1.54) is 5.56 Å². The standard InChI is InChI=1S/C18H22O2Si/c1-14(10-11-21(2,3)4)17-13-16(18(19)20-17)12-15-8-6-5-7-9-15/h5-9,16H,12-13H2,1-4H3/b17-14+. The fourth-order valence-electron chi connectivity index (χ4n) is 2.19. The lowest BCUT2D eigenvalue weighted by Crippen LogP contribution is -2.16. The summed E-state index contributed by atoms with van der Waals surface area (Å²) in [5, 5.41) is 0. The van der Waals surface area contributed by atoms with Crippen LogP contribution in [0, 0.1) is 17.4 Å². The maximum absolute atomic E-state index is 12.0. The van der Waals surface area contributed by atoms with Crippen LogP contribution in [0.25, 0.3) is 0 Å². The van der Waals surface area contributed by atoms with Crippen molar-refractivity contribution in [2.75, 3.05) is 0 Å². The Morgan fingerprint density at radius 2 is 1.95 bits per heavy atom. The Morgan fingerprint density at radius 3 is 2.57 bits per heavy atom. The molecule has 1 atom stereocenters. The quantitative estimate of drug-likeness (QED) is 0.469. The molecular formula is C18H22O2Si. The maximum atomic E-state index is 12.0. The third-order valence-corrected chi connectivity index (χ3v) is 4.23. The van der Waals surface area contributed by atoms with Crippen molar-refractivity contribution >= 4 is 14.0 Å². The van der Waals surface area contributed by atoms with Crippen LogP contribution in [0.2, 0.25) is 19.6 Å². The summed E-state index contributed by atoms with van der Waals surface area (Å²) in [6.07, 6.45) is 1.40. The van der Waals surface area contributed by atoms with E-state index in [0.717, 1.165) is 17.8 Å². The van der Waals surface area contributed by atoms with Gasteiger partial charge in [-0.1, -0.05) is 55.9 Å². The average molecular weight is 298 g/mol. The summed E-state index contributed by atoms with van der Waals surface area (Å²) in [7, 11) is -1.40. The van der Waals surface area contributed by atoms with Crippen LogP contribution in [0.3, 0.4) is 0 Å². The van der Waals surface area contributed by atoms with E-state index in [1.807, 2.05) is 37.3 Å². The zero-order chi connectivity index (χ0) is 15.5. The summed E-state index contributed by atoms with van der Waals surface area (Å²) >= 11 is 0. The first-order valence-electron chi connectivity index (χ1n) is 7.34. The largest absolute Gasteiger partial charge is 0.430 e. The minimum Gasteiger partial charge on any atom is -0.430 e. The molecule has 2 nitrogen and oxygen atoms in total. The summed E-state index contributed by atoms with van der Waals surface area (Å²) in [5.41, 5.74) is 5.39. The summed E-state index contributed by atoms with van der Waals surface area (Å²) in [4.78, 5) is 12.0. The number of hydrogen-bond donors (Lipinski definition) is 0.